The topological polar surface area (TPSA) is 89.9 Å². The van der Waals surface area contributed by atoms with E-state index in [1.165, 1.54) is 0 Å². The van der Waals surface area contributed by atoms with Crippen LogP contribution in [-0.2, 0) is 23.9 Å². The summed E-state index contributed by atoms with van der Waals surface area (Å²) in [6.45, 7) is 3.32. The van der Waals surface area contributed by atoms with Crippen LogP contribution in [0.5, 0.6) is 0 Å². The minimum Gasteiger partial charge on any atom is -0.481 e. The predicted octanol–water partition coefficient (Wildman–Crippen LogP) is 0.204. The highest BCUT2D eigenvalue weighted by Crippen LogP contribution is 2.08. The molecule has 0 unspecified atom stereocenters. The molecular weight excluding hydrogens is 204 g/mol. The number of carboxylic acid groups (broad SMARTS) is 1. The van der Waals surface area contributed by atoms with Gasteiger partial charge in [0.15, 0.2) is 5.92 Å². The third-order valence-electron chi connectivity index (χ3n) is 1.52. The summed E-state index contributed by atoms with van der Waals surface area (Å²) in [6, 6.07) is 0. The van der Waals surface area contributed by atoms with Crippen molar-refractivity contribution < 1.29 is 29.0 Å². The Balaban J connectivity index is 4.49. The van der Waals surface area contributed by atoms with Crippen molar-refractivity contribution >= 4 is 17.9 Å². The molecule has 0 amide bonds. The predicted molar refractivity (Wildman–Crippen MR) is 49.0 cm³/mol. The summed E-state index contributed by atoms with van der Waals surface area (Å²) in [5.41, 5.74) is 0. The van der Waals surface area contributed by atoms with Crippen LogP contribution in [0.4, 0.5) is 0 Å². The summed E-state index contributed by atoms with van der Waals surface area (Å²) < 4.78 is 9.14. The molecule has 0 aromatic carbocycles. The number of carboxylic acids is 1. The van der Waals surface area contributed by atoms with Gasteiger partial charge in [0.2, 0.25) is 0 Å². The highest BCUT2D eigenvalue weighted by Gasteiger charge is 2.31. The van der Waals surface area contributed by atoms with E-state index in [0.717, 1.165) is 0 Å². The Kier molecular flexibility index (Phi) is 6.08. The number of aliphatic carboxylic acids is 1. The zero-order chi connectivity index (χ0) is 11.8. The Labute approximate surface area is 87.2 Å². The Hall–Kier alpha value is -1.59. The molecule has 0 aromatic heterocycles. The van der Waals surface area contributed by atoms with Gasteiger partial charge in [-0.1, -0.05) is 0 Å². The van der Waals surface area contributed by atoms with Crippen molar-refractivity contribution in [3.8, 4) is 0 Å². The van der Waals surface area contributed by atoms with Crippen LogP contribution in [0.25, 0.3) is 0 Å². The van der Waals surface area contributed by atoms with Gasteiger partial charge < -0.3 is 14.6 Å². The normalized spacial score (nSPS) is 9.80. The van der Waals surface area contributed by atoms with Gasteiger partial charge in [-0.25, -0.2) is 0 Å². The number of carbonyl (C=O) groups excluding carboxylic acids is 2. The maximum absolute atomic E-state index is 11.2. The van der Waals surface area contributed by atoms with E-state index in [0.29, 0.717) is 0 Å². The van der Waals surface area contributed by atoms with Crippen molar-refractivity contribution in [1.82, 2.24) is 0 Å². The molecule has 0 saturated carbocycles. The van der Waals surface area contributed by atoms with Crippen molar-refractivity contribution in [2.75, 3.05) is 13.2 Å². The SMILES string of the molecule is CCOC(=O)C(CC(=O)O)C(=O)OCC. The van der Waals surface area contributed by atoms with Gasteiger partial charge in [-0.3, -0.25) is 14.4 Å². The second kappa shape index (κ2) is 6.80. The van der Waals surface area contributed by atoms with E-state index in [4.69, 9.17) is 5.11 Å². The van der Waals surface area contributed by atoms with E-state index in [1.807, 2.05) is 0 Å². The third kappa shape index (κ3) is 4.99. The number of ether oxygens (including phenoxy) is 2. The molecule has 0 aliphatic heterocycles. The van der Waals surface area contributed by atoms with Crippen LogP contribution in [0.15, 0.2) is 0 Å². The van der Waals surface area contributed by atoms with Crippen LogP contribution in [-0.4, -0.2) is 36.2 Å². The van der Waals surface area contributed by atoms with E-state index >= 15 is 0 Å². The molecule has 0 aliphatic rings. The molecule has 86 valence electrons. The lowest BCUT2D eigenvalue weighted by Gasteiger charge is -2.11. The first-order chi connectivity index (χ1) is 7.02. The van der Waals surface area contributed by atoms with Gasteiger partial charge in [0.1, 0.15) is 0 Å². The zero-order valence-electron chi connectivity index (χ0n) is 8.69. The molecule has 0 bridgehead atoms. The Morgan fingerprint density at radius 1 is 1.07 bits per heavy atom. The standard InChI is InChI=1S/C9H14O6/c1-3-14-8(12)6(5-7(10)11)9(13)15-4-2/h6H,3-5H2,1-2H3,(H,10,11). The number of esters is 2. The van der Waals surface area contributed by atoms with Crippen molar-refractivity contribution in [3.05, 3.63) is 0 Å². The van der Waals surface area contributed by atoms with Crippen molar-refractivity contribution in [2.24, 2.45) is 5.92 Å². The average Bonchev–Trinajstić information content (AvgIpc) is 2.14. The van der Waals surface area contributed by atoms with Crippen molar-refractivity contribution in [1.29, 1.82) is 0 Å². The molecule has 15 heavy (non-hydrogen) atoms. The van der Waals surface area contributed by atoms with Gasteiger partial charge in [0, 0.05) is 0 Å². The summed E-state index contributed by atoms with van der Waals surface area (Å²) in [7, 11) is 0. The molecule has 0 heterocycles. The molecule has 0 atom stereocenters. The summed E-state index contributed by atoms with van der Waals surface area (Å²) in [6.07, 6.45) is -0.613. The van der Waals surface area contributed by atoms with Crippen LogP contribution in [0, 0.1) is 5.92 Å². The molecule has 6 nitrogen and oxygen atoms in total. The Morgan fingerprint density at radius 3 is 1.73 bits per heavy atom. The third-order valence-corrected chi connectivity index (χ3v) is 1.52. The summed E-state index contributed by atoms with van der Waals surface area (Å²) in [5.74, 6) is -4.35. The van der Waals surface area contributed by atoms with E-state index in [1.54, 1.807) is 13.8 Å². The van der Waals surface area contributed by atoms with Gasteiger partial charge >= 0.3 is 17.9 Å². The number of hydrogen-bond acceptors (Lipinski definition) is 5. The van der Waals surface area contributed by atoms with Gasteiger partial charge in [0.05, 0.1) is 19.6 Å². The van der Waals surface area contributed by atoms with Crippen molar-refractivity contribution in [2.45, 2.75) is 20.3 Å². The lowest BCUT2D eigenvalue weighted by molar-refractivity contribution is -0.165. The quantitative estimate of drug-likeness (QED) is 0.506. The fraction of sp³-hybridized carbons (Fsp3) is 0.667. The summed E-state index contributed by atoms with van der Waals surface area (Å²) >= 11 is 0. The molecule has 0 radical (unpaired) electrons. The highest BCUT2D eigenvalue weighted by atomic mass is 16.6. The van der Waals surface area contributed by atoms with Crippen LogP contribution < -0.4 is 0 Å². The lowest BCUT2D eigenvalue weighted by Crippen LogP contribution is -2.30. The molecule has 0 fully saturated rings. The molecule has 0 aliphatic carbocycles. The fourth-order valence-electron chi connectivity index (χ4n) is 0.923. The van der Waals surface area contributed by atoms with Gasteiger partial charge in [-0.15, -0.1) is 0 Å². The van der Waals surface area contributed by atoms with E-state index < -0.39 is 30.2 Å². The average molecular weight is 218 g/mol. The molecule has 0 spiro atoms. The van der Waals surface area contributed by atoms with Crippen LogP contribution in [0.2, 0.25) is 0 Å². The number of hydrogen-bond donors (Lipinski definition) is 1. The van der Waals surface area contributed by atoms with Gasteiger partial charge in [-0.2, -0.15) is 0 Å². The zero-order valence-corrected chi connectivity index (χ0v) is 8.69. The molecule has 1 N–H and O–H groups in total. The molecule has 0 saturated heterocycles. The van der Waals surface area contributed by atoms with E-state index in [-0.39, 0.29) is 13.2 Å². The maximum Gasteiger partial charge on any atom is 0.320 e. The van der Waals surface area contributed by atoms with Crippen LogP contribution in [0.1, 0.15) is 20.3 Å². The minimum atomic E-state index is -1.37. The molecule has 6 heteroatoms. The van der Waals surface area contributed by atoms with Crippen molar-refractivity contribution in [3.63, 3.8) is 0 Å². The lowest BCUT2D eigenvalue weighted by atomic mass is 10.1. The van der Waals surface area contributed by atoms with Gasteiger partial charge in [-0.05, 0) is 13.8 Å². The van der Waals surface area contributed by atoms with Gasteiger partial charge in [0.25, 0.3) is 0 Å². The molecular formula is C9H14O6. The highest BCUT2D eigenvalue weighted by molar-refractivity contribution is 5.97. The van der Waals surface area contributed by atoms with E-state index in [2.05, 4.69) is 9.47 Å². The number of carbonyl (C=O) groups is 3. The Morgan fingerprint density at radius 2 is 1.47 bits per heavy atom. The summed E-state index contributed by atoms with van der Waals surface area (Å²) in [4.78, 5) is 32.8. The first kappa shape index (κ1) is 13.4. The van der Waals surface area contributed by atoms with Crippen LogP contribution >= 0.6 is 0 Å². The Bertz CT molecular complexity index is 229. The van der Waals surface area contributed by atoms with Crippen LogP contribution in [0.3, 0.4) is 0 Å². The monoisotopic (exact) mass is 218 g/mol. The summed E-state index contributed by atoms with van der Waals surface area (Å²) in [5, 5.41) is 8.50. The second-order valence-electron chi connectivity index (χ2n) is 2.65. The minimum absolute atomic E-state index is 0.0916. The second-order valence-corrected chi connectivity index (χ2v) is 2.65. The number of rotatable bonds is 6. The first-order valence-corrected chi connectivity index (χ1v) is 4.57. The first-order valence-electron chi connectivity index (χ1n) is 4.57. The molecule has 0 rings (SSSR count). The maximum atomic E-state index is 11.2. The fourth-order valence-corrected chi connectivity index (χ4v) is 0.923. The largest absolute Gasteiger partial charge is 0.481 e. The smallest absolute Gasteiger partial charge is 0.320 e. The molecule has 0 aromatic rings. The van der Waals surface area contributed by atoms with E-state index in [9.17, 15) is 14.4 Å².